The summed E-state index contributed by atoms with van der Waals surface area (Å²) >= 11 is 0. The van der Waals surface area contributed by atoms with Crippen LogP contribution in [0.4, 0.5) is 16.2 Å². The molecule has 1 fully saturated rings. The first-order chi connectivity index (χ1) is 16.3. The maximum atomic E-state index is 13.9. The predicted octanol–water partition coefficient (Wildman–Crippen LogP) is 6.19. The number of allylic oxidation sites excluding steroid dienone is 2. The number of hydrogen-bond acceptors (Lipinski definition) is 3. The molecule has 2 aromatic carbocycles. The summed E-state index contributed by atoms with van der Waals surface area (Å²) in [5.74, 6) is -0.676. The van der Waals surface area contributed by atoms with E-state index < -0.39 is 25.4 Å². The summed E-state index contributed by atoms with van der Waals surface area (Å²) in [6, 6.07) is 20.0. The van der Waals surface area contributed by atoms with Gasteiger partial charge in [-0.2, -0.15) is 10.3 Å². The monoisotopic (exact) mass is 470 g/mol. The van der Waals surface area contributed by atoms with Gasteiger partial charge in [0.05, 0.1) is 19.9 Å². The molecule has 34 heavy (non-hydrogen) atoms. The molecule has 2 aliphatic rings. The van der Waals surface area contributed by atoms with E-state index in [0.29, 0.717) is 17.1 Å². The van der Waals surface area contributed by atoms with Crippen molar-refractivity contribution in [2.45, 2.75) is 45.3 Å². The van der Waals surface area contributed by atoms with Crippen molar-refractivity contribution in [3.05, 3.63) is 71.4 Å². The Morgan fingerprint density at radius 2 is 1.56 bits per heavy atom. The highest BCUT2D eigenvalue weighted by atomic mass is 28.3. The average molecular weight is 471 g/mol. The molecule has 0 bridgehead atoms. The van der Waals surface area contributed by atoms with Crippen LogP contribution < -0.4 is 10.6 Å². The van der Waals surface area contributed by atoms with E-state index in [1.807, 2.05) is 36.4 Å². The Kier molecular flexibility index (Phi) is 6.53. The van der Waals surface area contributed by atoms with Gasteiger partial charge in [0.25, 0.3) is 5.91 Å². The number of carbonyl (C=O) groups is 2. The van der Waals surface area contributed by atoms with E-state index in [4.69, 9.17) is 0 Å². The van der Waals surface area contributed by atoms with Gasteiger partial charge in [0.1, 0.15) is 0 Å². The lowest BCUT2D eigenvalue weighted by Gasteiger charge is -2.32. The summed E-state index contributed by atoms with van der Waals surface area (Å²) in [7, 11) is -2.06. The SMILES string of the molecule is C[Si](C)(C)C1=C2CCCCC2C(C#N)(C(=O)Nc2ccccc2)/C1=N/C(=O)Nc1ccccc1. The third-order valence-electron chi connectivity index (χ3n) is 6.62. The van der Waals surface area contributed by atoms with Crippen LogP contribution in [0.25, 0.3) is 0 Å². The minimum atomic E-state index is -2.06. The number of anilines is 2. The van der Waals surface area contributed by atoms with Crippen LogP contribution in [0.5, 0.6) is 0 Å². The van der Waals surface area contributed by atoms with Gasteiger partial charge in [0.15, 0.2) is 5.41 Å². The van der Waals surface area contributed by atoms with E-state index in [1.54, 1.807) is 24.3 Å². The molecule has 0 aromatic heterocycles. The summed E-state index contributed by atoms with van der Waals surface area (Å²) < 4.78 is 0. The number of aliphatic imine (C=N–C) groups is 1. The molecule has 3 amide bonds. The van der Waals surface area contributed by atoms with Crippen molar-refractivity contribution >= 4 is 37.1 Å². The van der Waals surface area contributed by atoms with Crippen LogP contribution >= 0.6 is 0 Å². The zero-order valence-electron chi connectivity index (χ0n) is 19.9. The lowest BCUT2D eigenvalue weighted by molar-refractivity contribution is -0.121. The van der Waals surface area contributed by atoms with Gasteiger partial charge in [-0.05, 0) is 48.7 Å². The Balaban J connectivity index is 1.84. The second-order valence-electron chi connectivity index (χ2n) is 9.95. The number of amides is 3. The van der Waals surface area contributed by atoms with Crippen LogP contribution in [-0.4, -0.2) is 25.7 Å². The van der Waals surface area contributed by atoms with Crippen LogP contribution in [-0.2, 0) is 4.79 Å². The number of carbonyl (C=O) groups excluding carboxylic acids is 2. The molecule has 7 heteroatoms. The second-order valence-corrected chi connectivity index (χ2v) is 14.9. The Bertz CT molecular complexity index is 1190. The number of fused-ring (bicyclic) bond motifs is 1. The number of para-hydroxylation sites is 2. The zero-order chi connectivity index (χ0) is 24.3. The Labute approximate surface area is 201 Å². The van der Waals surface area contributed by atoms with Crippen LogP contribution in [0, 0.1) is 22.7 Å². The number of benzene rings is 2. The van der Waals surface area contributed by atoms with E-state index >= 15 is 0 Å². The summed E-state index contributed by atoms with van der Waals surface area (Å²) in [6.07, 6.45) is 3.54. The van der Waals surface area contributed by atoms with Gasteiger partial charge >= 0.3 is 6.03 Å². The number of hydrogen-bond donors (Lipinski definition) is 2. The largest absolute Gasteiger partial charge is 0.345 e. The quantitative estimate of drug-likeness (QED) is 0.522. The molecular formula is C27H30N4O2Si. The average Bonchev–Trinajstić information content (AvgIpc) is 3.10. The number of nitrogens with zero attached hydrogens (tertiary/aromatic N) is 2. The molecule has 4 rings (SSSR count). The topological polar surface area (TPSA) is 94.3 Å². The molecule has 2 aliphatic carbocycles. The molecule has 6 nitrogen and oxygen atoms in total. The van der Waals surface area contributed by atoms with E-state index in [9.17, 15) is 14.9 Å². The highest BCUT2D eigenvalue weighted by Gasteiger charge is 2.60. The molecule has 2 atom stereocenters. The van der Waals surface area contributed by atoms with E-state index in [-0.39, 0.29) is 5.92 Å². The van der Waals surface area contributed by atoms with Crippen molar-refractivity contribution in [2.75, 3.05) is 10.6 Å². The molecule has 2 unspecified atom stereocenters. The van der Waals surface area contributed by atoms with Crippen LogP contribution in [0.15, 0.2) is 76.4 Å². The molecule has 0 aliphatic heterocycles. The number of urea groups is 1. The predicted molar refractivity (Wildman–Crippen MR) is 138 cm³/mol. The van der Waals surface area contributed by atoms with Gasteiger partial charge < -0.3 is 10.6 Å². The van der Waals surface area contributed by atoms with E-state index in [2.05, 4.69) is 41.3 Å². The molecule has 0 saturated heterocycles. The van der Waals surface area contributed by atoms with Crippen LogP contribution in [0.3, 0.4) is 0 Å². The number of nitrogens with one attached hydrogen (secondary N) is 2. The van der Waals surface area contributed by atoms with Crippen molar-refractivity contribution in [2.24, 2.45) is 16.3 Å². The first kappa shape index (κ1) is 23.6. The minimum Gasteiger partial charge on any atom is -0.324 e. The lowest BCUT2D eigenvalue weighted by Crippen LogP contribution is -2.47. The number of nitriles is 1. The molecule has 0 radical (unpaired) electrons. The highest BCUT2D eigenvalue weighted by molar-refractivity contribution is 6.88. The summed E-state index contributed by atoms with van der Waals surface area (Å²) in [4.78, 5) is 31.5. The van der Waals surface area contributed by atoms with Crippen molar-refractivity contribution in [3.63, 3.8) is 0 Å². The van der Waals surface area contributed by atoms with Crippen LogP contribution in [0.2, 0.25) is 19.6 Å². The third-order valence-corrected chi connectivity index (χ3v) is 8.68. The Morgan fingerprint density at radius 3 is 2.12 bits per heavy atom. The lowest BCUT2D eigenvalue weighted by atomic mass is 9.69. The maximum absolute atomic E-state index is 13.9. The molecule has 0 spiro atoms. The normalized spacial score (nSPS) is 23.2. The zero-order valence-corrected chi connectivity index (χ0v) is 20.9. The second kappa shape index (κ2) is 9.39. The molecule has 1 saturated carbocycles. The minimum absolute atomic E-state index is 0.264. The van der Waals surface area contributed by atoms with Gasteiger partial charge in [-0.15, -0.1) is 0 Å². The first-order valence-electron chi connectivity index (χ1n) is 11.7. The molecule has 0 heterocycles. The fourth-order valence-electron chi connectivity index (χ4n) is 5.26. The number of rotatable bonds is 4. The van der Waals surface area contributed by atoms with Gasteiger partial charge in [-0.25, -0.2) is 4.79 Å². The molecule has 2 N–H and O–H groups in total. The smallest absolute Gasteiger partial charge is 0.324 e. The first-order valence-corrected chi connectivity index (χ1v) is 15.2. The molecule has 174 valence electrons. The Hall–Kier alpha value is -3.50. The van der Waals surface area contributed by atoms with Gasteiger partial charge in [-0.3, -0.25) is 4.79 Å². The fraction of sp³-hybridized carbons (Fsp3) is 0.333. The summed E-state index contributed by atoms with van der Waals surface area (Å²) in [5.41, 5.74) is 1.20. The third kappa shape index (κ3) is 4.34. The fourth-order valence-corrected chi connectivity index (χ4v) is 7.48. The van der Waals surface area contributed by atoms with Crippen molar-refractivity contribution < 1.29 is 9.59 Å². The Morgan fingerprint density at radius 1 is 0.971 bits per heavy atom. The van der Waals surface area contributed by atoms with Gasteiger partial charge in [0.2, 0.25) is 0 Å². The van der Waals surface area contributed by atoms with E-state index in [0.717, 1.165) is 36.5 Å². The molecular weight excluding hydrogens is 440 g/mol. The van der Waals surface area contributed by atoms with Gasteiger partial charge in [0, 0.05) is 17.3 Å². The van der Waals surface area contributed by atoms with Crippen molar-refractivity contribution in [1.29, 1.82) is 5.26 Å². The van der Waals surface area contributed by atoms with Crippen molar-refractivity contribution in [1.82, 2.24) is 0 Å². The van der Waals surface area contributed by atoms with Gasteiger partial charge in [-0.1, -0.05) is 68.0 Å². The van der Waals surface area contributed by atoms with Crippen molar-refractivity contribution in [3.8, 4) is 6.07 Å². The highest BCUT2D eigenvalue weighted by Crippen LogP contribution is 2.53. The van der Waals surface area contributed by atoms with Crippen LogP contribution in [0.1, 0.15) is 25.7 Å². The van der Waals surface area contributed by atoms with E-state index in [1.165, 1.54) is 0 Å². The summed E-state index contributed by atoms with van der Waals surface area (Å²) in [6.45, 7) is 6.57. The summed E-state index contributed by atoms with van der Waals surface area (Å²) in [5, 5.41) is 17.4. The molecule has 2 aromatic rings. The maximum Gasteiger partial charge on any atom is 0.345 e. The standard InChI is InChI=1S/C27H30N4O2Si/c1-34(2,3)23-21-16-10-11-17-22(21)27(18-28,25(32)29-19-12-6-4-7-13-19)24(23)31-26(33)30-20-14-8-5-9-15-20/h4-9,12-15,22H,10-11,16-17H2,1-3H3,(H,29,32)(H,30,33)/b31-24+.